The van der Waals surface area contributed by atoms with Crippen LogP contribution < -0.4 is 10.2 Å². The fourth-order valence-electron chi connectivity index (χ4n) is 2.97. The number of nitrogens with zero attached hydrogens (tertiary/aromatic N) is 5. The summed E-state index contributed by atoms with van der Waals surface area (Å²) in [6.07, 6.45) is 5.15. The molecule has 1 saturated heterocycles. The van der Waals surface area contributed by atoms with Crippen molar-refractivity contribution in [2.75, 3.05) is 23.3 Å². The van der Waals surface area contributed by atoms with Gasteiger partial charge >= 0.3 is 5.69 Å². The maximum Gasteiger partial charge on any atom is 0.353 e. The maximum atomic E-state index is 11.7. The average molecular weight is 328 g/mol. The van der Waals surface area contributed by atoms with E-state index in [0.29, 0.717) is 17.6 Å². The second-order valence-electron chi connectivity index (χ2n) is 6.19. The Morgan fingerprint density at radius 3 is 2.92 bits per heavy atom. The van der Waals surface area contributed by atoms with Crippen molar-refractivity contribution >= 4 is 23.1 Å². The van der Waals surface area contributed by atoms with Gasteiger partial charge in [0.1, 0.15) is 12.1 Å². The number of anilines is 3. The number of piperidine rings is 1. The Hall–Kier alpha value is -2.77. The number of hydrogen-bond donors (Lipinski definition) is 1. The minimum absolute atomic E-state index is 0.102. The second-order valence-corrected chi connectivity index (χ2v) is 6.19. The summed E-state index contributed by atoms with van der Waals surface area (Å²) in [4.78, 5) is 25.7. The third-order valence-corrected chi connectivity index (χ3v) is 4.10. The molecule has 1 unspecified atom stereocenters. The minimum Gasteiger partial charge on any atom is -0.350 e. The molecule has 1 atom stereocenters. The third-order valence-electron chi connectivity index (χ3n) is 4.10. The highest BCUT2D eigenvalue weighted by Gasteiger charge is 2.29. The molecule has 3 rings (SSSR count). The summed E-state index contributed by atoms with van der Waals surface area (Å²) < 4.78 is 0. The van der Waals surface area contributed by atoms with E-state index in [-0.39, 0.29) is 11.5 Å². The van der Waals surface area contributed by atoms with Crippen molar-refractivity contribution < 1.29 is 4.92 Å². The normalized spacial score (nSPS) is 17.6. The van der Waals surface area contributed by atoms with Gasteiger partial charge in [0, 0.05) is 19.3 Å². The molecule has 126 valence electrons. The van der Waals surface area contributed by atoms with Gasteiger partial charge in [-0.3, -0.25) is 10.1 Å². The number of hydrogen-bond acceptors (Lipinski definition) is 7. The fraction of sp³-hybridized carbons (Fsp3) is 0.438. The summed E-state index contributed by atoms with van der Waals surface area (Å²) in [5.41, 5.74) is 0.907. The summed E-state index contributed by atoms with van der Waals surface area (Å²) in [5.74, 6) is 1.55. The van der Waals surface area contributed by atoms with E-state index in [2.05, 4.69) is 27.2 Å². The van der Waals surface area contributed by atoms with Crippen LogP contribution in [0.25, 0.3) is 0 Å². The summed E-state index contributed by atoms with van der Waals surface area (Å²) in [6, 6.07) is 3.68. The Morgan fingerprint density at radius 1 is 1.38 bits per heavy atom. The Balaban J connectivity index is 1.97. The molecule has 0 amide bonds. The fourth-order valence-corrected chi connectivity index (χ4v) is 2.97. The van der Waals surface area contributed by atoms with Crippen LogP contribution in [0.15, 0.2) is 24.7 Å². The molecule has 1 N–H and O–H groups in total. The van der Waals surface area contributed by atoms with Gasteiger partial charge < -0.3 is 10.2 Å². The van der Waals surface area contributed by atoms with Crippen molar-refractivity contribution in [2.45, 2.75) is 26.7 Å². The van der Waals surface area contributed by atoms with Gasteiger partial charge in [0.2, 0.25) is 11.6 Å². The molecule has 2 aromatic heterocycles. The predicted molar refractivity (Wildman–Crippen MR) is 91.6 cm³/mol. The zero-order valence-electron chi connectivity index (χ0n) is 13.8. The third kappa shape index (κ3) is 3.42. The van der Waals surface area contributed by atoms with Gasteiger partial charge in [-0.15, -0.1) is 0 Å². The van der Waals surface area contributed by atoms with E-state index in [1.807, 2.05) is 24.0 Å². The van der Waals surface area contributed by atoms with Crippen molar-refractivity contribution in [2.24, 2.45) is 5.92 Å². The lowest BCUT2D eigenvalue weighted by Gasteiger charge is -2.31. The first kappa shape index (κ1) is 16.1. The molecule has 0 aliphatic carbocycles. The monoisotopic (exact) mass is 328 g/mol. The molecule has 24 heavy (non-hydrogen) atoms. The number of aryl methyl sites for hydroxylation is 1. The van der Waals surface area contributed by atoms with Crippen molar-refractivity contribution in [3.8, 4) is 0 Å². The van der Waals surface area contributed by atoms with Gasteiger partial charge in [-0.25, -0.2) is 15.0 Å². The molecule has 0 aromatic carbocycles. The van der Waals surface area contributed by atoms with Crippen molar-refractivity contribution in [3.05, 3.63) is 40.3 Å². The van der Waals surface area contributed by atoms with Crippen LogP contribution in [0.4, 0.5) is 23.1 Å². The average Bonchev–Trinajstić information content (AvgIpc) is 2.54. The molecular formula is C16H20N6O2. The quantitative estimate of drug-likeness (QED) is 0.680. The largest absolute Gasteiger partial charge is 0.353 e. The van der Waals surface area contributed by atoms with Crippen LogP contribution >= 0.6 is 0 Å². The minimum atomic E-state index is -0.424. The van der Waals surface area contributed by atoms with Crippen molar-refractivity contribution in [1.82, 2.24) is 15.0 Å². The zero-order valence-corrected chi connectivity index (χ0v) is 13.8. The number of rotatable bonds is 4. The van der Waals surface area contributed by atoms with Crippen molar-refractivity contribution in [3.63, 3.8) is 0 Å². The number of nitro groups is 1. The summed E-state index contributed by atoms with van der Waals surface area (Å²) >= 11 is 0. The van der Waals surface area contributed by atoms with E-state index < -0.39 is 4.92 Å². The van der Waals surface area contributed by atoms with Crippen LogP contribution in [0.2, 0.25) is 0 Å². The Bertz CT molecular complexity index is 751. The first-order chi connectivity index (χ1) is 11.5. The molecule has 2 aromatic rings. The van der Waals surface area contributed by atoms with Crippen LogP contribution in [0.5, 0.6) is 0 Å². The van der Waals surface area contributed by atoms with Gasteiger partial charge in [-0.1, -0.05) is 6.92 Å². The molecule has 8 heteroatoms. The highest BCUT2D eigenvalue weighted by Crippen LogP contribution is 2.35. The molecule has 1 aliphatic heterocycles. The number of pyridine rings is 1. The Labute approximate surface area is 140 Å². The van der Waals surface area contributed by atoms with E-state index in [1.165, 1.54) is 6.33 Å². The van der Waals surface area contributed by atoms with Crippen LogP contribution in [0.1, 0.15) is 25.3 Å². The molecule has 1 fully saturated rings. The molecule has 3 heterocycles. The SMILES string of the molecule is Cc1ccnc(Nc2ncnc(N3CCCC(C)C3)c2[N+](=O)[O-])c1. The topological polar surface area (TPSA) is 97.1 Å². The van der Waals surface area contributed by atoms with E-state index in [4.69, 9.17) is 0 Å². The summed E-state index contributed by atoms with van der Waals surface area (Å²) in [5, 5.41) is 14.6. The molecular weight excluding hydrogens is 308 g/mol. The standard InChI is InChI=1S/C16H20N6O2/c1-11-5-6-17-13(8-11)20-15-14(22(23)24)16(19-10-18-15)21-7-3-4-12(2)9-21/h5-6,8,10,12H,3-4,7,9H2,1-2H3,(H,17,18,19,20). The van der Waals surface area contributed by atoms with E-state index >= 15 is 0 Å². The first-order valence-corrected chi connectivity index (χ1v) is 7.98. The van der Waals surface area contributed by atoms with Gasteiger partial charge in [0.15, 0.2) is 0 Å². The highest BCUT2D eigenvalue weighted by molar-refractivity contribution is 5.73. The lowest BCUT2D eigenvalue weighted by Crippen LogP contribution is -2.35. The zero-order chi connectivity index (χ0) is 17.1. The van der Waals surface area contributed by atoms with Crippen LogP contribution in [0.3, 0.4) is 0 Å². The number of nitrogens with one attached hydrogen (secondary N) is 1. The Kier molecular flexibility index (Phi) is 4.54. The smallest absolute Gasteiger partial charge is 0.350 e. The lowest BCUT2D eigenvalue weighted by atomic mass is 10.0. The van der Waals surface area contributed by atoms with Crippen molar-refractivity contribution in [1.29, 1.82) is 0 Å². The molecule has 0 radical (unpaired) electrons. The predicted octanol–water partition coefficient (Wildman–Crippen LogP) is 3.07. The Morgan fingerprint density at radius 2 is 2.21 bits per heavy atom. The van der Waals surface area contributed by atoms with E-state index in [0.717, 1.165) is 31.5 Å². The molecule has 0 saturated carbocycles. The van der Waals surface area contributed by atoms with Gasteiger partial charge in [-0.05, 0) is 43.4 Å². The van der Waals surface area contributed by atoms with E-state index in [9.17, 15) is 10.1 Å². The van der Waals surface area contributed by atoms with Crippen LogP contribution in [-0.4, -0.2) is 33.0 Å². The summed E-state index contributed by atoms with van der Waals surface area (Å²) in [6.45, 7) is 5.61. The maximum absolute atomic E-state index is 11.7. The summed E-state index contributed by atoms with van der Waals surface area (Å²) in [7, 11) is 0. The molecule has 0 spiro atoms. The van der Waals surface area contributed by atoms with E-state index in [1.54, 1.807) is 6.20 Å². The molecule has 1 aliphatic rings. The van der Waals surface area contributed by atoms with Gasteiger partial charge in [-0.2, -0.15) is 0 Å². The lowest BCUT2D eigenvalue weighted by molar-refractivity contribution is -0.383. The first-order valence-electron chi connectivity index (χ1n) is 7.98. The van der Waals surface area contributed by atoms with Crippen LogP contribution in [-0.2, 0) is 0 Å². The molecule has 8 nitrogen and oxygen atoms in total. The number of aromatic nitrogens is 3. The van der Waals surface area contributed by atoms with Gasteiger partial charge in [0.25, 0.3) is 0 Å². The second kappa shape index (κ2) is 6.77. The molecule has 0 bridgehead atoms. The highest BCUT2D eigenvalue weighted by atomic mass is 16.6. The van der Waals surface area contributed by atoms with Gasteiger partial charge in [0.05, 0.1) is 4.92 Å². The van der Waals surface area contributed by atoms with Crippen LogP contribution in [0, 0.1) is 23.0 Å².